The zero-order valence-electron chi connectivity index (χ0n) is 4.11. The van der Waals surface area contributed by atoms with Gasteiger partial charge < -0.3 is 0 Å². The van der Waals surface area contributed by atoms with Gasteiger partial charge in [-0.3, -0.25) is 3.79 Å². The fraction of sp³-hybridized carbons (Fsp3) is 0. The van der Waals surface area contributed by atoms with Crippen LogP contribution in [0.3, 0.4) is 0 Å². The molecule has 0 unspecified atom stereocenters. The summed E-state index contributed by atoms with van der Waals surface area (Å²) in [6, 6.07) is 4.04. The highest BCUT2D eigenvalue weighted by Gasteiger charge is 1.88. The van der Waals surface area contributed by atoms with Gasteiger partial charge in [0.2, 0.25) is 0 Å². The molecule has 2 heterocycles. The summed E-state index contributed by atoms with van der Waals surface area (Å²) in [5, 5.41) is 0. The fourth-order valence-corrected chi connectivity index (χ4v) is 1.27. The Morgan fingerprint density at radius 1 is 1.62 bits per heavy atom. The summed E-state index contributed by atoms with van der Waals surface area (Å²) in [5.41, 5.74) is 1.18. The Bertz CT molecular complexity index is 232. The summed E-state index contributed by atoms with van der Waals surface area (Å²) in [7, 11) is 0. The highest BCUT2D eigenvalue weighted by atomic mass is 32.1. The van der Waals surface area contributed by atoms with Crippen molar-refractivity contribution < 1.29 is 0 Å². The summed E-state index contributed by atoms with van der Waals surface area (Å²) in [4.78, 5) is 0. The van der Waals surface area contributed by atoms with Gasteiger partial charge in [0.25, 0.3) is 0 Å². The van der Waals surface area contributed by atoms with Gasteiger partial charge in [-0.2, -0.15) is 4.37 Å². The van der Waals surface area contributed by atoms with Crippen molar-refractivity contribution in [3.05, 3.63) is 24.5 Å². The summed E-state index contributed by atoms with van der Waals surface area (Å²) >= 11 is 1.46. The summed E-state index contributed by atoms with van der Waals surface area (Å²) in [5.74, 6) is 0. The third-order valence-electron chi connectivity index (χ3n) is 1.06. The lowest BCUT2D eigenvalue weighted by Gasteiger charge is -1.70. The molecule has 0 amide bonds. The predicted molar refractivity (Wildman–Crippen MR) is 33.1 cm³/mol. The monoisotopic (exact) mass is 124 g/mol. The van der Waals surface area contributed by atoms with E-state index >= 15 is 0 Å². The van der Waals surface area contributed by atoms with Gasteiger partial charge in [-0.25, -0.2) is 0 Å². The van der Waals surface area contributed by atoms with Gasteiger partial charge in [0, 0.05) is 6.20 Å². The van der Waals surface area contributed by atoms with Crippen molar-refractivity contribution >= 4 is 17.2 Å². The molecule has 0 aromatic carbocycles. The third-order valence-corrected chi connectivity index (χ3v) is 1.77. The molecule has 0 bridgehead atoms. The maximum absolute atomic E-state index is 3.97. The Morgan fingerprint density at radius 3 is 3.50 bits per heavy atom. The molecular formula is C5H4N2S. The molecule has 2 rings (SSSR count). The first kappa shape index (κ1) is 4.09. The van der Waals surface area contributed by atoms with Crippen LogP contribution in [0.5, 0.6) is 0 Å². The molecule has 0 aliphatic rings. The van der Waals surface area contributed by atoms with E-state index in [1.165, 1.54) is 17.2 Å². The summed E-state index contributed by atoms with van der Waals surface area (Å²) < 4.78 is 5.98. The molecule has 2 aromatic rings. The predicted octanol–water partition coefficient (Wildman–Crippen LogP) is 1.40. The zero-order valence-corrected chi connectivity index (χ0v) is 4.93. The first-order valence-corrected chi connectivity index (χ1v) is 3.08. The molecule has 0 spiro atoms. The van der Waals surface area contributed by atoms with Gasteiger partial charge in [-0.15, -0.1) is 0 Å². The molecule has 3 heteroatoms. The van der Waals surface area contributed by atoms with E-state index in [0.29, 0.717) is 0 Å². The molecule has 0 atom stereocenters. The lowest BCUT2D eigenvalue weighted by Crippen LogP contribution is -1.60. The van der Waals surface area contributed by atoms with Crippen molar-refractivity contribution in [3.63, 3.8) is 0 Å². The number of rotatable bonds is 0. The van der Waals surface area contributed by atoms with Crippen molar-refractivity contribution in [1.29, 1.82) is 0 Å². The quantitative estimate of drug-likeness (QED) is 0.519. The van der Waals surface area contributed by atoms with E-state index in [1.54, 1.807) is 0 Å². The average molecular weight is 124 g/mol. The number of nitrogens with zero attached hydrogens (tertiary/aromatic N) is 2. The van der Waals surface area contributed by atoms with Crippen LogP contribution in [0.2, 0.25) is 0 Å². The highest BCUT2D eigenvalue weighted by Crippen LogP contribution is 2.04. The minimum atomic E-state index is 1.18. The Morgan fingerprint density at radius 2 is 2.62 bits per heavy atom. The fourth-order valence-electron chi connectivity index (χ4n) is 0.682. The van der Waals surface area contributed by atoms with Gasteiger partial charge in [-0.05, 0) is 12.1 Å². The second kappa shape index (κ2) is 1.32. The van der Waals surface area contributed by atoms with E-state index in [2.05, 4.69) is 4.37 Å². The van der Waals surface area contributed by atoms with Crippen molar-refractivity contribution in [2.24, 2.45) is 0 Å². The van der Waals surface area contributed by atoms with E-state index in [0.717, 1.165) is 0 Å². The van der Waals surface area contributed by atoms with Crippen LogP contribution in [0.15, 0.2) is 24.5 Å². The molecular weight excluding hydrogens is 120 g/mol. The van der Waals surface area contributed by atoms with Crippen molar-refractivity contribution in [2.75, 3.05) is 0 Å². The van der Waals surface area contributed by atoms with Crippen LogP contribution in [0.4, 0.5) is 0 Å². The average Bonchev–Trinajstić information content (AvgIpc) is 2.15. The normalized spacial score (nSPS) is 10.5. The Labute approximate surface area is 50.7 Å². The minimum Gasteiger partial charge on any atom is -0.256 e. The molecule has 0 radical (unpaired) electrons. The Balaban J connectivity index is 3.06. The molecule has 0 saturated heterocycles. The molecule has 0 aliphatic heterocycles. The standard InChI is InChI=1S/C5H4N2S/c1-2-5-4-6-8-7(5)3-1/h1-4H. The van der Waals surface area contributed by atoms with Crippen LogP contribution in [-0.2, 0) is 0 Å². The number of fused-ring (bicyclic) bond motifs is 1. The lowest BCUT2D eigenvalue weighted by molar-refractivity contribution is 1.40. The Hall–Kier alpha value is -0.830. The van der Waals surface area contributed by atoms with E-state index in [4.69, 9.17) is 0 Å². The van der Waals surface area contributed by atoms with Crippen LogP contribution in [0.25, 0.3) is 5.52 Å². The van der Waals surface area contributed by atoms with Crippen LogP contribution in [0.1, 0.15) is 0 Å². The number of hydrogen-bond acceptors (Lipinski definition) is 2. The van der Waals surface area contributed by atoms with Crippen LogP contribution >= 0.6 is 11.7 Å². The van der Waals surface area contributed by atoms with Gasteiger partial charge in [0.05, 0.1) is 23.4 Å². The molecule has 2 nitrogen and oxygen atoms in total. The van der Waals surface area contributed by atoms with Gasteiger partial charge in [-0.1, -0.05) is 0 Å². The van der Waals surface area contributed by atoms with Crippen LogP contribution in [-0.4, -0.2) is 8.16 Å². The van der Waals surface area contributed by atoms with Gasteiger partial charge in [0.15, 0.2) is 0 Å². The minimum absolute atomic E-state index is 1.18. The second-order valence-electron chi connectivity index (χ2n) is 1.58. The van der Waals surface area contributed by atoms with Crippen LogP contribution in [0, 0.1) is 0 Å². The molecule has 0 aliphatic carbocycles. The zero-order chi connectivity index (χ0) is 5.40. The summed E-state index contributed by atoms with van der Waals surface area (Å²) in [6.07, 6.45) is 3.84. The van der Waals surface area contributed by atoms with Gasteiger partial charge in [0.1, 0.15) is 0 Å². The molecule has 0 saturated carbocycles. The molecule has 0 fully saturated rings. The molecule has 0 N–H and O–H groups in total. The molecule has 40 valence electrons. The first-order chi connectivity index (χ1) is 3.97. The lowest BCUT2D eigenvalue weighted by atomic mass is 10.6. The topological polar surface area (TPSA) is 17.3 Å². The smallest absolute Gasteiger partial charge is 0.0767 e. The van der Waals surface area contributed by atoms with E-state index < -0.39 is 0 Å². The van der Waals surface area contributed by atoms with Crippen molar-refractivity contribution in [2.45, 2.75) is 0 Å². The van der Waals surface area contributed by atoms with Gasteiger partial charge >= 0.3 is 0 Å². The number of aromatic nitrogens is 2. The van der Waals surface area contributed by atoms with E-state index in [9.17, 15) is 0 Å². The highest BCUT2D eigenvalue weighted by molar-refractivity contribution is 7.00. The number of hydrogen-bond donors (Lipinski definition) is 0. The van der Waals surface area contributed by atoms with E-state index in [1.807, 2.05) is 28.3 Å². The Kier molecular flexibility index (Phi) is 0.676. The maximum atomic E-state index is 3.97. The first-order valence-electron chi connectivity index (χ1n) is 2.35. The second-order valence-corrected chi connectivity index (χ2v) is 2.34. The van der Waals surface area contributed by atoms with E-state index in [-0.39, 0.29) is 0 Å². The maximum Gasteiger partial charge on any atom is 0.0767 e. The third kappa shape index (κ3) is 0.391. The SMILES string of the molecule is c1cc2cnsn2c1. The molecule has 8 heavy (non-hydrogen) atoms. The molecule has 2 aromatic heterocycles. The van der Waals surface area contributed by atoms with Crippen molar-refractivity contribution in [3.8, 4) is 0 Å². The summed E-state index contributed by atoms with van der Waals surface area (Å²) in [6.45, 7) is 0. The van der Waals surface area contributed by atoms with Crippen LogP contribution < -0.4 is 0 Å². The van der Waals surface area contributed by atoms with Crippen molar-refractivity contribution in [1.82, 2.24) is 8.16 Å². The largest absolute Gasteiger partial charge is 0.256 e.